The number of hydrogen-bond donors (Lipinski definition) is 2. The standard InChI is InChI=1S/C18H14F6N2O3/c1-25-16(28)10-3-2-4-13(5-10)26-15(27)9-29-14-7-11(17(19,20)21)6-12(8-14)18(22,23)24/h2-8H,9H2,1H3,(H,25,28)(H,26,27). The molecule has 0 saturated heterocycles. The molecular formula is C18H14F6N2O3. The summed E-state index contributed by atoms with van der Waals surface area (Å²) in [7, 11) is 1.41. The summed E-state index contributed by atoms with van der Waals surface area (Å²) in [5.41, 5.74) is -2.68. The number of carbonyl (C=O) groups excluding carboxylic acids is 2. The number of carbonyl (C=O) groups is 2. The number of nitrogens with one attached hydrogen (secondary N) is 2. The van der Waals surface area contributed by atoms with E-state index in [-0.39, 0.29) is 17.3 Å². The number of ether oxygens (including phenoxy) is 1. The lowest BCUT2D eigenvalue weighted by atomic mass is 10.1. The average molecular weight is 420 g/mol. The van der Waals surface area contributed by atoms with Crippen molar-refractivity contribution < 1.29 is 40.7 Å². The Labute approximate surface area is 160 Å². The topological polar surface area (TPSA) is 67.4 Å². The number of alkyl halides is 6. The van der Waals surface area contributed by atoms with Gasteiger partial charge in [-0.2, -0.15) is 26.3 Å². The normalized spacial score (nSPS) is 11.7. The number of amides is 2. The highest BCUT2D eigenvalue weighted by atomic mass is 19.4. The molecule has 0 fully saturated rings. The van der Waals surface area contributed by atoms with Gasteiger partial charge in [0, 0.05) is 18.3 Å². The molecule has 0 aliphatic carbocycles. The third-order valence-corrected chi connectivity index (χ3v) is 3.57. The second kappa shape index (κ2) is 8.41. The Hall–Kier alpha value is -3.24. The van der Waals surface area contributed by atoms with E-state index in [4.69, 9.17) is 4.74 Å². The van der Waals surface area contributed by atoms with E-state index < -0.39 is 47.7 Å². The summed E-state index contributed by atoms with van der Waals surface area (Å²) in [4.78, 5) is 23.5. The molecule has 2 aromatic carbocycles. The first-order chi connectivity index (χ1) is 13.4. The van der Waals surface area contributed by atoms with Crippen LogP contribution in [0, 0.1) is 0 Å². The van der Waals surface area contributed by atoms with Crippen LogP contribution in [-0.4, -0.2) is 25.5 Å². The molecule has 0 spiro atoms. The maximum Gasteiger partial charge on any atom is 0.416 e. The van der Waals surface area contributed by atoms with Crippen molar-refractivity contribution in [1.29, 1.82) is 0 Å². The van der Waals surface area contributed by atoms with Crippen LogP contribution < -0.4 is 15.4 Å². The van der Waals surface area contributed by atoms with Gasteiger partial charge in [0.25, 0.3) is 11.8 Å². The van der Waals surface area contributed by atoms with Gasteiger partial charge in [0.05, 0.1) is 11.1 Å². The molecule has 0 aliphatic rings. The number of rotatable bonds is 5. The second-order valence-corrected chi connectivity index (χ2v) is 5.74. The van der Waals surface area contributed by atoms with E-state index in [2.05, 4.69) is 10.6 Å². The van der Waals surface area contributed by atoms with Gasteiger partial charge < -0.3 is 15.4 Å². The lowest BCUT2D eigenvalue weighted by molar-refractivity contribution is -0.143. The van der Waals surface area contributed by atoms with Gasteiger partial charge in [-0.1, -0.05) is 6.07 Å². The van der Waals surface area contributed by atoms with Crippen molar-refractivity contribution >= 4 is 17.5 Å². The Morgan fingerprint density at radius 1 is 0.931 bits per heavy atom. The molecule has 2 rings (SSSR count). The first kappa shape index (κ1) is 22.1. The van der Waals surface area contributed by atoms with E-state index in [9.17, 15) is 35.9 Å². The summed E-state index contributed by atoms with van der Waals surface area (Å²) in [6.45, 7) is -0.844. The molecule has 29 heavy (non-hydrogen) atoms. The van der Waals surface area contributed by atoms with Gasteiger partial charge in [-0.05, 0) is 36.4 Å². The van der Waals surface area contributed by atoms with Crippen LogP contribution in [0.3, 0.4) is 0 Å². The minimum atomic E-state index is -5.03. The fourth-order valence-corrected chi connectivity index (χ4v) is 2.24. The molecule has 2 N–H and O–H groups in total. The van der Waals surface area contributed by atoms with E-state index >= 15 is 0 Å². The van der Waals surface area contributed by atoms with Crippen molar-refractivity contribution in [3.63, 3.8) is 0 Å². The highest BCUT2D eigenvalue weighted by molar-refractivity contribution is 5.97. The molecular weight excluding hydrogens is 406 g/mol. The number of benzene rings is 2. The Bertz CT molecular complexity index is 877. The van der Waals surface area contributed by atoms with E-state index in [1.165, 1.54) is 31.3 Å². The van der Waals surface area contributed by atoms with Crippen LogP contribution in [0.25, 0.3) is 0 Å². The first-order valence-corrected chi connectivity index (χ1v) is 7.94. The fourth-order valence-electron chi connectivity index (χ4n) is 2.24. The van der Waals surface area contributed by atoms with Crippen LogP contribution in [0.5, 0.6) is 5.75 Å². The van der Waals surface area contributed by atoms with E-state index in [1.807, 2.05) is 0 Å². The number of hydrogen-bond acceptors (Lipinski definition) is 3. The number of halogens is 6. The Morgan fingerprint density at radius 2 is 1.52 bits per heavy atom. The number of anilines is 1. The largest absolute Gasteiger partial charge is 0.484 e. The molecule has 5 nitrogen and oxygen atoms in total. The van der Waals surface area contributed by atoms with Gasteiger partial charge in [0.1, 0.15) is 5.75 Å². The Kier molecular flexibility index (Phi) is 6.40. The van der Waals surface area contributed by atoms with Crippen LogP contribution in [-0.2, 0) is 17.1 Å². The van der Waals surface area contributed by atoms with Crippen LogP contribution in [0.1, 0.15) is 21.5 Å². The van der Waals surface area contributed by atoms with Crippen LogP contribution in [0.15, 0.2) is 42.5 Å². The molecule has 11 heteroatoms. The second-order valence-electron chi connectivity index (χ2n) is 5.74. The zero-order valence-electron chi connectivity index (χ0n) is 14.7. The molecule has 0 aliphatic heterocycles. The lowest BCUT2D eigenvalue weighted by Gasteiger charge is -2.15. The van der Waals surface area contributed by atoms with Gasteiger partial charge >= 0.3 is 12.4 Å². The average Bonchev–Trinajstić information content (AvgIpc) is 2.64. The molecule has 2 aromatic rings. The van der Waals surface area contributed by atoms with Gasteiger partial charge in [0.2, 0.25) is 0 Å². The molecule has 2 amide bonds. The molecule has 0 aromatic heterocycles. The maximum absolute atomic E-state index is 12.8. The monoisotopic (exact) mass is 420 g/mol. The fraction of sp³-hybridized carbons (Fsp3) is 0.222. The van der Waals surface area contributed by atoms with E-state index in [1.54, 1.807) is 0 Å². The minimum absolute atomic E-state index is 0.0444. The van der Waals surface area contributed by atoms with Crippen LogP contribution >= 0.6 is 0 Å². The predicted octanol–water partition coefficient (Wildman–Crippen LogP) is 4.10. The smallest absolute Gasteiger partial charge is 0.416 e. The summed E-state index contributed by atoms with van der Waals surface area (Å²) in [5.74, 6) is -2.02. The van der Waals surface area contributed by atoms with Crippen molar-refractivity contribution in [2.75, 3.05) is 19.0 Å². The zero-order valence-corrected chi connectivity index (χ0v) is 14.7. The maximum atomic E-state index is 12.8. The third-order valence-electron chi connectivity index (χ3n) is 3.57. The van der Waals surface area contributed by atoms with Crippen molar-refractivity contribution in [2.24, 2.45) is 0 Å². The molecule has 0 saturated carbocycles. The summed E-state index contributed by atoms with van der Waals surface area (Å²) < 4.78 is 81.7. The summed E-state index contributed by atoms with van der Waals surface area (Å²) in [6, 6.07) is 6.43. The third kappa shape index (κ3) is 6.13. The first-order valence-electron chi connectivity index (χ1n) is 7.94. The predicted molar refractivity (Wildman–Crippen MR) is 90.4 cm³/mol. The van der Waals surface area contributed by atoms with Gasteiger partial charge in [-0.15, -0.1) is 0 Å². The SMILES string of the molecule is CNC(=O)c1cccc(NC(=O)COc2cc(C(F)(F)F)cc(C(F)(F)F)c2)c1. The Morgan fingerprint density at radius 3 is 2.03 bits per heavy atom. The molecule has 0 radical (unpaired) electrons. The van der Waals surface area contributed by atoms with Crippen molar-refractivity contribution in [3.05, 3.63) is 59.2 Å². The molecule has 0 bridgehead atoms. The lowest BCUT2D eigenvalue weighted by Crippen LogP contribution is -2.21. The minimum Gasteiger partial charge on any atom is -0.484 e. The van der Waals surface area contributed by atoms with Gasteiger partial charge in [-0.3, -0.25) is 9.59 Å². The summed E-state index contributed by atoms with van der Waals surface area (Å²) in [5, 5.41) is 4.72. The van der Waals surface area contributed by atoms with Gasteiger partial charge in [0.15, 0.2) is 6.61 Å². The quantitative estimate of drug-likeness (QED) is 0.716. The van der Waals surface area contributed by atoms with E-state index in [0.29, 0.717) is 12.1 Å². The van der Waals surface area contributed by atoms with Gasteiger partial charge in [-0.25, -0.2) is 0 Å². The van der Waals surface area contributed by atoms with E-state index in [0.717, 1.165) is 0 Å². The molecule has 0 atom stereocenters. The van der Waals surface area contributed by atoms with Crippen molar-refractivity contribution in [3.8, 4) is 5.75 Å². The Balaban J connectivity index is 2.13. The van der Waals surface area contributed by atoms with Crippen molar-refractivity contribution in [2.45, 2.75) is 12.4 Å². The summed E-state index contributed by atoms with van der Waals surface area (Å²) >= 11 is 0. The van der Waals surface area contributed by atoms with Crippen LogP contribution in [0.2, 0.25) is 0 Å². The molecule has 0 unspecified atom stereocenters. The highest BCUT2D eigenvalue weighted by Gasteiger charge is 2.37. The van der Waals surface area contributed by atoms with Crippen LogP contribution in [0.4, 0.5) is 32.0 Å². The zero-order chi connectivity index (χ0) is 21.8. The van der Waals surface area contributed by atoms with Crippen molar-refractivity contribution in [1.82, 2.24) is 5.32 Å². The highest BCUT2D eigenvalue weighted by Crippen LogP contribution is 2.38. The summed E-state index contributed by atoms with van der Waals surface area (Å²) in [6.07, 6.45) is -10.1. The molecule has 156 valence electrons. The molecule has 0 heterocycles.